The Hall–Kier alpha value is -4.76. The van der Waals surface area contributed by atoms with Crippen molar-refractivity contribution >= 4 is 50.2 Å². The summed E-state index contributed by atoms with van der Waals surface area (Å²) in [7, 11) is -0.294. The number of rotatable bonds is 11. The van der Waals surface area contributed by atoms with E-state index in [1.807, 2.05) is 38.1 Å². The Balaban J connectivity index is 1.41. The van der Waals surface area contributed by atoms with E-state index >= 15 is 0 Å². The van der Waals surface area contributed by atoms with Crippen LogP contribution in [0, 0.1) is 17.2 Å². The minimum absolute atomic E-state index is 0.00526. The summed E-state index contributed by atoms with van der Waals surface area (Å²) >= 11 is 0. The molecule has 0 fully saturated rings. The molecule has 0 aliphatic carbocycles. The van der Waals surface area contributed by atoms with Gasteiger partial charge in [-0.2, -0.15) is 13.7 Å². The summed E-state index contributed by atoms with van der Waals surface area (Å²) in [6.07, 6.45) is 1.43. The second-order valence-electron chi connectivity index (χ2n) is 9.42. The molecule has 0 spiro atoms. The van der Waals surface area contributed by atoms with Crippen LogP contribution in [0.15, 0.2) is 71.6 Å². The lowest BCUT2D eigenvalue weighted by Crippen LogP contribution is -2.20. The third kappa shape index (κ3) is 7.21. The molecule has 0 bridgehead atoms. The molecule has 1 atom stereocenters. The first-order valence-corrected chi connectivity index (χ1v) is 14.1. The predicted molar refractivity (Wildman–Crippen MR) is 156 cm³/mol. The van der Waals surface area contributed by atoms with Gasteiger partial charge in [0.05, 0.1) is 22.8 Å². The molecule has 11 nitrogen and oxygen atoms in total. The van der Waals surface area contributed by atoms with E-state index < -0.39 is 16.1 Å². The second kappa shape index (κ2) is 12.4. The predicted octanol–water partition coefficient (Wildman–Crippen LogP) is 5.39. The molecule has 1 unspecified atom stereocenters. The molecular formula is C28H31N7O4S. The Morgan fingerprint density at radius 1 is 1.10 bits per heavy atom. The summed E-state index contributed by atoms with van der Waals surface area (Å²) in [6.45, 7) is 2.37. The fraction of sp³-hybridized carbons (Fsp3) is 0.250. The number of benzene rings is 3. The number of carbonyl (C=O) groups excluding carboxylic acids is 1. The Bertz CT molecular complexity index is 1630. The number of amides is 2. The molecule has 2 amide bonds. The number of carbonyl (C=O) groups is 1. The molecule has 0 aliphatic heterocycles. The average Bonchev–Trinajstić information content (AvgIpc) is 3.32. The molecule has 0 saturated carbocycles. The fourth-order valence-electron chi connectivity index (χ4n) is 3.91. The maximum absolute atomic E-state index is 13.1. The topological polar surface area (TPSA) is 152 Å². The van der Waals surface area contributed by atoms with Crippen LogP contribution in [0.3, 0.4) is 0 Å². The summed E-state index contributed by atoms with van der Waals surface area (Å²) in [5.41, 5.74) is 3.04. The van der Waals surface area contributed by atoms with Gasteiger partial charge in [-0.1, -0.05) is 12.1 Å². The van der Waals surface area contributed by atoms with Crippen LogP contribution in [0.4, 0.5) is 27.8 Å². The van der Waals surface area contributed by atoms with Gasteiger partial charge in [-0.05, 0) is 68.3 Å². The van der Waals surface area contributed by atoms with E-state index in [-0.39, 0.29) is 22.5 Å². The maximum atomic E-state index is 13.1. The zero-order chi connectivity index (χ0) is 28.7. The summed E-state index contributed by atoms with van der Waals surface area (Å²) in [6, 6.07) is 20.2. The number of aromatic amines is 1. The largest absolute Gasteiger partial charge is 0.384 e. The van der Waals surface area contributed by atoms with Crippen LogP contribution < -0.4 is 25.0 Å². The molecule has 0 aliphatic rings. The van der Waals surface area contributed by atoms with E-state index in [1.165, 1.54) is 18.2 Å². The van der Waals surface area contributed by atoms with Crippen molar-refractivity contribution < 1.29 is 17.4 Å². The Kier molecular flexibility index (Phi) is 8.76. The van der Waals surface area contributed by atoms with Gasteiger partial charge < -0.3 is 24.7 Å². The highest BCUT2D eigenvalue weighted by molar-refractivity contribution is 7.87. The average molecular weight is 562 g/mol. The molecular weight excluding hydrogens is 530 g/mol. The zero-order valence-corrected chi connectivity index (χ0v) is 23.2. The highest BCUT2D eigenvalue weighted by atomic mass is 32.2. The monoisotopic (exact) mass is 561 g/mol. The van der Waals surface area contributed by atoms with Gasteiger partial charge in [0.15, 0.2) is 0 Å². The zero-order valence-electron chi connectivity index (χ0n) is 22.4. The van der Waals surface area contributed by atoms with Gasteiger partial charge in [-0.15, -0.1) is 0 Å². The summed E-state index contributed by atoms with van der Waals surface area (Å²) in [4.78, 5) is 21.7. The van der Waals surface area contributed by atoms with E-state index in [1.54, 1.807) is 36.4 Å². The molecule has 12 heteroatoms. The highest BCUT2D eigenvalue weighted by Crippen LogP contribution is 2.27. The van der Waals surface area contributed by atoms with E-state index in [2.05, 4.69) is 32.0 Å². The number of para-hydroxylation sites is 1. The number of anilines is 4. The van der Waals surface area contributed by atoms with Crippen LogP contribution in [-0.4, -0.2) is 45.1 Å². The van der Waals surface area contributed by atoms with Gasteiger partial charge in [-0.25, -0.2) is 9.78 Å². The van der Waals surface area contributed by atoms with Gasteiger partial charge in [0.2, 0.25) is 5.95 Å². The molecule has 4 rings (SSSR count). The number of nitrogens with one attached hydrogen (secondary N) is 4. The van der Waals surface area contributed by atoms with Gasteiger partial charge in [0, 0.05) is 44.0 Å². The highest BCUT2D eigenvalue weighted by Gasteiger charge is 2.21. The maximum Gasteiger partial charge on any atom is 0.341 e. The van der Waals surface area contributed by atoms with Crippen molar-refractivity contribution in [2.75, 3.05) is 41.5 Å². The molecule has 3 aromatic carbocycles. The smallest absolute Gasteiger partial charge is 0.341 e. The standard InChI is InChI=1S/C28H31N7O4S/c1-19(18-29)7-6-16-30-24-8-4-5-9-26(24)40(37,38)39-22-14-15-23-25(17-22)33-27(32-23)34-28(36)31-20-10-12-21(13-11-20)35(2)3/h4-5,8-15,17,19,30H,6-7,16H2,1-3H3,(H3,31,32,33,34,36). The van der Waals surface area contributed by atoms with Gasteiger partial charge in [0.25, 0.3) is 0 Å². The minimum atomic E-state index is -4.16. The summed E-state index contributed by atoms with van der Waals surface area (Å²) < 4.78 is 31.7. The third-order valence-electron chi connectivity index (χ3n) is 6.04. The van der Waals surface area contributed by atoms with Gasteiger partial charge in [0.1, 0.15) is 10.6 Å². The first-order chi connectivity index (χ1) is 19.1. The lowest BCUT2D eigenvalue weighted by atomic mass is 10.1. The van der Waals surface area contributed by atoms with Crippen LogP contribution in [0.2, 0.25) is 0 Å². The van der Waals surface area contributed by atoms with E-state index in [0.29, 0.717) is 35.4 Å². The first-order valence-electron chi connectivity index (χ1n) is 12.7. The van der Waals surface area contributed by atoms with Crippen LogP contribution in [0.1, 0.15) is 19.8 Å². The molecule has 4 N–H and O–H groups in total. The number of nitriles is 1. The van der Waals surface area contributed by atoms with E-state index in [9.17, 15) is 13.2 Å². The Morgan fingerprint density at radius 2 is 1.85 bits per heavy atom. The first kappa shape index (κ1) is 28.3. The second-order valence-corrected chi connectivity index (χ2v) is 10.9. The summed E-state index contributed by atoms with van der Waals surface area (Å²) in [5.74, 6) is 0.218. The molecule has 0 radical (unpaired) electrons. The van der Waals surface area contributed by atoms with Gasteiger partial charge in [-0.3, -0.25) is 5.32 Å². The van der Waals surface area contributed by atoms with Crippen LogP contribution in [-0.2, 0) is 10.1 Å². The van der Waals surface area contributed by atoms with E-state index in [0.717, 1.165) is 12.1 Å². The number of hydrogen-bond donors (Lipinski definition) is 4. The number of imidazole rings is 1. The molecule has 208 valence electrons. The van der Waals surface area contributed by atoms with Crippen molar-refractivity contribution in [3.05, 3.63) is 66.7 Å². The number of fused-ring (bicyclic) bond motifs is 1. The lowest BCUT2D eigenvalue weighted by Gasteiger charge is -2.13. The lowest BCUT2D eigenvalue weighted by molar-refractivity contribution is 0.262. The van der Waals surface area contributed by atoms with E-state index in [4.69, 9.17) is 9.44 Å². The normalized spacial score (nSPS) is 11.8. The molecule has 0 saturated heterocycles. The van der Waals surface area contributed by atoms with Crippen LogP contribution in [0.5, 0.6) is 5.75 Å². The van der Waals surface area contributed by atoms with Crippen molar-refractivity contribution in [1.29, 1.82) is 5.26 Å². The summed E-state index contributed by atoms with van der Waals surface area (Å²) in [5, 5.41) is 17.4. The molecule has 40 heavy (non-hydrogen) atoms. The number of urea groups is 1. The van der Waals surface area contributed by atoms with Crippen molar-refractivity contribution in [2.24, 2.45) is 5.92 Å². The van der Waals surface area contributed by atoms with Crippen molar-refractivity contribution in [3.63, 3.8) is 0 Å². The SMILES string of the molecule is CC(C#N)CCCNc1ccccc1S(=O)(=O)Oc1ccc2nc(NC(=O)Nc3ccc(N(C)C)cc3)[nH]c2c1. The molecule has 1 heterocycles. The minimum Gasteiger partial charge on any atom is -0.384 e. The quantitative estimate of drug-likeness (QED) is 0.140. The molecule has 1 aromatic heterocycles. The van der Waals surface area contributed by atoms with Crippen molar-refractivity contribution in [3.8, 4) is 11.8 Å². The van der Waals surface area contributed by atoms with Crippen molar-refractivity contribution in [1.82, 2.24) is 9.97 Å². The number of hydrogen-bond acceptors (Lipinski definition) is 8. The van der Waals surface area contributed by atoms with Crippen LogP contribution >= 0.6 is 0 Å². The Labute approximate surface area is 233 Å². The fourth-order valence-corrected chi connectivity index (χ4v) is 5.01. The number of nitrogens with zero attached hydrogens (tertiary/aromatic N) is 3. The van der Waals surface area contributed by atoms with Crippen molar-refractivity contribution in [2.45, 2.75) is 24.7 Å². The third-order valence-corrected chi connectivity index (χ3v) is 7.35. The molecule has 4 aromatic rings. The number of H-pyrrole nitrogens is 1. The number of aromatic nitrogens is 2. The van der Waals surface area contributed by atoms with Crippen LogP contribution in [0.25, 0.3) is 11.0 Å². The van der Waals surface area contributed by atoms with Gasteiger partial charge >= 0.3 is 16.1 Å². The Morgan fingerprint density at radius 3 is 2.58 bits per heavy atom.